The summed E-state index contributed by atoms with van der Waals surface area (Å²) in [5.74, 6) is 1.21. The van der Waals surface area contributed by atoms with Crippen molar-refractivity contribution in [2.75, 3.05) is 13.2 Å². The van der Waals surface area contributed by atoms with E-state index in [1.807, 2.05) is 45.0 Å². The zero-order valence-electron chi connectivity index (χ0n) is 14.0. The highest BCUT2D eigenvalue weighted by Crippen LogP contribution is 2.22. The van der Waals surface area contributed by atoms with Gasteiger partial charge in [0.05, 0.1) is 17.1 Å². The fourth-order valence-electron chi connectivity index (χ4n) is 2.45. The molecular weight excluding hydrogens is 292 g/mol. The van der Waals surface area contributed by atoms with Crippen molar-refractivity contribution < 1.29 is 9.90 Å². The number of fused-ring (bicyclic) bond motifs is 1. The van der Waals surface area contributed by atoms with Crippen LogP contribution in [0.25, 0.3) is 11.0 Å². The van der Waals surface area contributed by atoms with Gasteiger partial charge in [-0.05, 0) is 30.4 Å². The number of nitrogens with one attached hydrogen (secondary N) is 3. The molecule has 2 atom stereocenters. The fourth-order valence-corrected chi connectivity index (χ4v) is 2.45. The molecule has 0 spiro atoms. The molecule has 23 heavy (non-hydrogen) atoms. The maximum atomic E-state index is 12.1. The van der Waals surface area contributed by atoms with Gasteiger partial charge in [-0.1, -0.05) is 32.9 Å². The molecule has 0 bridgehead atoms. The van der Waals surface area contributed by atoms with Crippen molar-refractivity contribution in [2.45, 2.75) is 33.2 Å². The topological polar surface area (TPSA) is 90.0 Å². The third-order valence-corrected chi connectivity index (χ3v) is 3.89. The van der Waals surface area contributed by atoms with Crippen molar-refractivity contribution >= 4 is 17.1 Å². The summed E-state index contributed by atoms with van der Waals surface area (Å²) in [6, 6.07) is 7.42. The maximum Gasteiger partial charge on any atom is 0.315 e. The summed E-state index contributed by atoms with van der Waals surface area (Å²) in [6.07, 6.45) is 0.678. The van der Waals surface area contributed by atoms with Gasteiger partial charge in [0.25, 0.3) is 0 Å². The first kappa shape index (κ1) is 17.3. The number of aromatic nitrogens is 2. The highest BCUT2D eigenvalue weighted by atomic mass is 16.3. The molecule has 0 aliphatic carbocycles. The number of benzene rings is 1. The summed E-state index contributed by atoms with van der Waals surface area (Å²) < 4.78 is 0. The van der Waals surface area contributed by atoms with Gasteiger partial charge < -0.3 is 20.7 Å². The molecule has 0 aliphatic rings. The van der Waals surface area contributed by atoms with Crippen molar-refractivity contribution in [3.05, 3.63) is 30.1 Å². The van der Waals surface area contributed by atoms with Gasteiger partial charge in [-0.3, -0.25) is 0 Å². The number of aliphatic hydroxyl groups is 1. The van der Waals surface area contributed by atoms with Crippen LogP contribution in [-0.2, 0) is 0 Å². The van der Waals surface area contributed by atoms with Crippen LogP contribution in [0.3, 0.4) is 0 Å². The van der Waals surface area contributed by atoms with E-state index < -0.39 is 0 Å². The number of urea groups is 1. The number of rotatable bonds is 7. The SMILES string of the molecule is CC(CCO)CNC(=O)NC(c1nc2ccccc2[nH]1)C(C)C. The molecule has 0 saturated carbocycles. The lowest BCUT2D eigenvalue weighted by molar-refractivity contribution is 0.226. The van der Waals surface area contributed by atoms with Crippen LogP contribution >= 0.6 is 0 Å². The van der Waals surface area contributed by atoms with Crippen molar-refractivity contribution in [1.29, 1.82) is 0 Å². The van der Waals surface area contributed by atoms with E-state index in [2.05, 4.69) is 20.6 Å². The van der Waals surface area contributed by atoms with E-state index in [1.165, 1.54) is 0 Å². The Hall–Kier alpha value is -2.08. The summed E-state index contributed by atoms with van der Waals surface area (Å²) in [5.41, 5.74) is 1.86. The number of nitrogens with zero attached hydrogens (tertiary/aromatic N) is 1. The molecule has 2 amide bonds. The summed E-state index contributed by atoms with van der Waals surface area (Å²) in [6.45, 7) is 6.77. The summed E-state index contributed by atoms with van der Waals surface area (Å²) in [4.78, 5) is 20.0. The zero-order chi connectivity index (χ0) is 16.8. The lowest BCUT2D eigenvalue weighted by Gasteiger charge is -2.21. The number of hydrogen-bond acceptors (Lipinski definition) is 3. The Morgan fingerprint density at radius 3 is 2.70 bits per heavy atom. The first-order valence-corrected chi connectivity index (χ1v) is 8.11. The molecule has 126 valence electrons. The Kier molecular flexibility index (Phi) is 5.98. The molecule has 1 heterocycles. The molecule has 1 aromatic heterocycles. The Morgan fingerprint density at radius 2 is 2.04 bits per heavy atom. The Labute approximate surface area is 136 Å². The van der Waals surface area contributed by atoms with Gasteiger partial charge >= 0.3 is 6.03 Å². The smallest absolute Gasteiger partial charge is 0.315 e. The second-order valence-corrected chi connectivity index (χ2v) is 6.33. The van der Waals surface area contributed by atoms with Gasteiger partial charge in [0.1, 0.15) is 5.82 Å². The second-order valence-electron chi connectivity index (χ2n) is 6.33. The molecule has 0 saturated heterocycles. The van der Waals surface area contributed by atoms with Crippen LogP contribution in [0.15, 0.2) is 24.3 Å². The van der Waals surface area contributed by atoms with E-state index >= 15 is 0 Å². The van der Waals surface area contributed by atoms with Gasteiger partial charge in [0, 0.05) is 13.2 Å². The molecule has 6 heteroatoms. The number of para-hydroxylation sites is 2. The van der Waals surface area contributed by atoms with Crippen molar-refractivity contribution in [3.63, 3.8) is 0 Å². The normalized spacial score (nSPS) is 14.0. The second kappa shape index (κ2) is 7.97. The Bertz CT molecular complexity index is 605. The number of H-pyrrole nitrogens is 1. The standard InChI is InChI=1S/C17H26N4O2/c1-11(2)15(21-17(23)18-10-12(3)8-9-22)16-19-13-6-4-5-7-14(13)20-16/h4-7,11-12,15,22H,8-10H2,1-3H3,(H,19,20)(H2,18,21,23). The molecule has 0 fully saturated rings. The molecule has 1 aromatic carbocycles. The summed E-state index contributed by atoms with van der Waals surface area (Å²) >= 11 is 0. The summed E-state index contributed by atoms with van der Waals surface area (Å²) in [7, 11) is 0. The number of amides is 2. The monoisotopic (exact) mass is 318 g/mol. The quantitative estimate of drug-likeness (QED) is 0.632. The van der Waals surface area contributed by atoms with Crippen molar-refractivity contribution in [3.8, 4) is 0 Å². The van der Waals surface area contributed by atoms with Crippen molar-refractivity contribution in [2.24, 2.45) is 11.8 Å². The largest absolute Gasteiger partial charge is 0.396 e. The molecule has 0 radical (unpaired) electrons. The van der Waals surface area contributed by atoms with E-state index in [0.29, 0.717) is 13.0 Å². The van der Waals surface area contributed by atoms with E-state index in [9.17, 15) is 4.79 Å². The molecule has 6 nitrogen and oxygen atoms in total. The molecular formula is C17H26N4O2. The van der Waals surface area contributed by atoms with E-state index in [1.54, 1.807) is 0 Å². The average molecular weight is 318 g/mol. The van der Waals surface area contributed by atoms with Gasteiger partial charge in [0.2, 0.25) is 0 Å². The fraction of sp³-hybridized carbons (Fsp3) is 0.529. The minimum atomic E-state index is -0.214. The first-order valence-electron chi connectivity index (χ1n) is 8.11. The van der Waals surface area contributed by atoms with Crippen LogP contribution < -0.4 is 10.6 Å². The lowest BCUT2D eigenvalue weighted by atomic mass is 10.0. The van der Waals surface area contributed by atoms with Gasteiger partial charge in [0.15, 0.2) is 0 Å². The molecule has 4 N–H and O–H groups in total. The van der Waals surface area contributed by atoms with Crippen LogP contribution in [0.4, 0.5) is 4.79 Å². The molecule has 2 rings (SSSR count). The lowest BCUT2D eigenvalue weighted by Crippen LogP contribution is -2.41. The number of hydrogen-bond donors (Lipinski definition) is 4. The highest BCUT2D eigenvalue weighted by Gasteiger charge is 2.21. The van der Waals surface area contributed by atoms with Crippen LogP contribution in [0.1, 0.15) is 39.1 Å². The third kappa shape index (κ3) is 4.69. The van der Waals surface area contributed by atoms with E-state index in [-0.39, 0.29) is 30.5 Å². The van der Waals surface area contributed by atoms with E-state index in [0.717, 1.165) is 16.9 Å². The Balaban J connectivity index is 2.02. The number of aromatic amines is 1. The number of carbonyl (C=O) groups excluding carboxylic acids is 1. The van der Waals surface area contributed by atoms with Gasteiger partial charge in [-0.25, -0.2) is 9.78 Å². The molecule has 2 unspecified atom stereocenters. The van der Waals surface area contributed by atoms with Gasteiger partial charge in [-0.2, -0.15) is 0 Å². The van der Waals surface area contributed by atoms with Crippen LogP contribution in [0.2, 0.25) is 0 Å². The third-order valence-electron chi connectivity index (χ3n) is 3.89. The van der Waals surface area contributed by atoms with Crippen LogP contribution in [0.5, 0.6) is 0 Å². The molecule has 2 aromatic rings. The van der Waals surface area contributed by atoms with Crippen molar-refractivity contribution in [1.82, 2.24) is 20.6 Å². The minimum Gasteiger partial charge on any atom is -0.396 e. The highest BCUT2D eigenvalue weighted by molar-refractivity contribution is 5.76. The maximum absolute atomic E-state index is 12.1. The van der Waals surface area contributed by atoms with Crippen LogP contribution in [0, 0.1) is 11.8 Å². The average Bonchev–Trinajstić information content (AvgIpc) is 2.94. The first-order chi connectivity index (χ1) is 11.0. The number of imidazole rings is 1. The van der Waals surface area contributed by atoms with Gasteiger partial charge in [-0.15, -0.1) is 0 Å². The zero-order valence-corrected chi connectivity index (χ0v) is 14.0. The minimum absolute atomic E-state index is 0.137. The predicted octanol–water partition coefficient (Wildman–Crippen LogP) is 2.58. The van der Waals surface area contributed by atoms with E-state index in [4.69, 9.17) is 5.11 Å². The molecule has 0 aliphatic heterocycles. The van der Waals surface area contributed by atoms with Crippen LogP contribution in [-0.4, -0.2) is 34.3 Å². The summed E-state index contributed by atoms with van der Waals surface area (Å²) in [5, 5.41) is 14.7. The number of aliphatic hydroxyl groups excluding tert-OH is 1. The Morgan fingerprint density at radius 1 is 1.30 bits per heavy atom. The predicted molar refractivity (Wildman–Crippen MR) is 91.1 cm³/mol. The number of carbonyl (C=O) groups is 1.